The van der Waals surface area contributed by atoms with Gasteiger partial charge in [-0.3, -0.25) is 14.6 Å². The number of nitrogens with one attached hydrogen (secondary N) is 2. The van der Waals surface area contributed by atoms with E-state index in [1.807, 2.05) is 0 Å². The van der Waals surface area contributed by atoms with Gasteiger partial charge in [0.2, 0.25) is 0 Å². The summed E-state index contributed by atoms with van der Waals surface area (Å²) >= 11 is 0. The highest BCUT2D eigenvalue weighted by Crippen LogP contribution is 2.32. The lowest BCUT2D eigenvalue weighted by atomic mass is 10.1. The third-order valence-corrected chi connectivity index (χ3v) is 3.85. The number of anilines is 2. The van der Waals surface area contributed by atoms with Crippen LogP contribution in [0.2, 0.25) is 0 Å². The van der Waals surface area contributed by atoms with Crippen LogP contribution in [0.1, 0.15) is 26.3 Å². The van der Waals surface area contributed by atoms with Crippen LogP contribution in [0.5, 0.6) is 0 Å². The Labute approximate surface area is 162 Å². The van der Waals surface area contributed by atoms with Crippen LogP contribution in [0.3, 0.4) is 0 Å². The van der Waals surface area contributed by atoms with E-state index in [1.165, 1.54) is 36.7 Å². The molecule has 3 aromatic rings. The van der Waals surface area contributed by atoms with Crippen molar-refractivity contribution in [2.24, 2.45) is 0 Å². The first-order chi connectivity index (χ1) is 13.7. The van der Waals surface area contributed by atoms with E-state index in [4.69, 9.17) is 0 Å². The summed E-state index contributed by atoms with van der Waals surface area (Å²) in [5, 5.41) is 5.05. The second kappa shape index (κ2) is 8.09. The average Bonchev–Trinajstić information content (AvgIpc) is 2.68. The Morgan fingerprint density at radius 1 is 0.793 bits per heavy atom. The third-order valence-electron chi connectivity index (χ3n) is 3.85. The minimum atomic E-state index is -4.92. The highest BCUT2D eigenvalue weighted by Gasteiger charge is 2.34. The maximum atomic E-state index is 13.4. The second-order valence-electron chi connectivity index (χ2n) is 5.92. The molecule has 148 valence electrons. The van der Waals surface area contributed by atoms with Crippen LogP contribution >= 0.6 is 0 Å². The summed E-state index contributed by atoms with van der Waals surface area (Å²) in [7, 11) is 0. The van der Waals surface area contributed by atoms with Gasteiger partial charge in [-0.1, -0.05) is 6.07 Å². The lowest BCUT2D eigenvalue weighted by Gasteiger charge is -2.11. The van der Waals surface area contributed by atoms with Crippen LogP contribution in [0, 0.1) is 5.82 Å². The van der Waals surface area contributed by atoms with Gasteiger partial charge in [0.25, 0.3) is 11.8 Å². The summed E-state index contributed by atoms with van der Waals surface area (Å²) in [6, 6.07) is 11.1. The number of rotatable bonds is 4. The summed E-state index contributed by atoms with van der Waals surface area (Å²) < 4.78 is 51.8. The van der Waals surface area contributed by atoms with Crippen LogP contribution in [0.25, 0.3) is 0 Å². The molecule has 1 heterocycles. The normalized spacial score (nSPS) is 11.0. The maximum Gasteiger partial charge on any atom is 0.419 e. The summed E-state index contributed by atoms with van der Waals surface area (Å²) in [4.78, 5) is 28.2. The van der Waals surface area contributed by atoms with Gasteiger partial charge in [-0.2, -0.15) is 13.2 Å². The molecule has 0 aliphatic heterocycles. The number of amides is 2. The van der Waals surface area contributed by atoms with Crippen LogP contribution in [-0.2, 0) is 6.18 Å². The van der Waals surface area contributed by atoms with Gasteiger partial charge in [0, 0.05) is 34.9 Å². The molecule has 0 bridgehead atoms. The molecule has 2 aromatic carbocycles. The van der Waals surface area contributed by atoms with Crippen molar-refractivity contribution in [3.8, 4) is 0 Å². The monoisotopic (exact) mass is 403 g/mol. The predicted molar refractivity (Wildman–Crippen MR) is 98.0 cm³/mol. The lowest BCUT2D eigenvalue weighted by Crippen LogP contribution is -2.16. The first-order valence-electron chi connectivity index (χ1n) is 8.23. The van der Waals surface area contributed by atoms with Gasteiger partial charge in [-0.05, 0) is 48.5 Å². The summed E-state index contributed by atoms with van der Waals surface area (Å²) in [5.74, 6) is -2.72. The molecule has 0 atom stereocenters. The van der Waals surface area contributed by atoms with Crippen molar-refractivity contribution in [3.05, 3.63) is 89.5 Å². The van der Waals surface area contributed by atoms with E-state index in [9.17, 15) is 27.2 Å². The smallest absolute Gasteiger partial charge is 0.322 e. The summed E-state index contributed by atoms with van der Waals surface area (Å²) in [6.45, 7) is 0. The van der Waals surface area contributed by atoms with Crippen molar-refractivity contribution in [1.82, 2.24) is 4.98 Å². The van der Waals surface area contributed by atoms with Gasteiger partial charge in [0.15, 0.2) is 0 Å². The number of pyridine rings is 1. The van der Waals surface area contributed by atoms with E-state index in [0.29, 0.717) is 23.4 Å². The molecule has 0 aliphatic carbocycles. The molecule has 0 radical (unpaired) electrons. The number of alkyl halides is 3. The molecule has 2 amide bonds. The van der Waals surface area contributed by atoms with E-state index >= 15 is 0 Å². The fourth-order valence-electron chi connectivity index (χ4n) is 2.47. The Morgan fingerprint density at radius 2 is 1.38 bits per heavy atom. The highest BCUT2D eigenvalue weighted by molar-refractivity contribution is 6.06. The Bertz CT molecular complexity index is 1050. The van der Waals surface area contributed by atoms with E-state index in [1.54, 1.807) is 12.1 Å². The Kier molecular flexibility index (Phi) is 5.58. The average molecular weight is 403 g/mol. The highest BCUT2D eigenvalue weighted by atomic mass is 19.4. The summed E-state index contributed by atoms with van der Waals surface area (Å²) in [5.41, 5.74) is -0.908. The van der Waals surface area contributed by atoms with Crippen molar-refractivity contribution < 1.29 is 27.2 Å². The Hall–Kier alpha value is -3.75. The van der Waals surface area contributed by atoms with Crippen LogP contribution in [-0.4, -0.2) is 16.8 Å². The van der Waals surface area contributed by atoms with Crippen molar-refractivity contribution in [2.45, 2.75) is 6.18 Å². The summed E-state index contributed by atoms with van der Waals surface area (Å²) in [6.07, 6.45) is -2.00. The molecule has 0 fully saturated rings. The molecule has 9 heteroatoms. The van der Waals surface area contributed by atoms with Crippen molar-refractivity contribution in [3.63, 3.8) is 0 Å². The fraction of sp³-hybridized carbons (Fsp3) is 0.0500. The molecule has 0 saturated carbocycles. The van der Waals surface area contributed by atoms with E-state index in [2.05, 4.69) is 15.6 Å². The zero-order chi connectivity index (χ0) is 21.0. The lowest BCUT2D eigenvalue weighted by molar-refractivity contribution is -0.140. The van der Waals surface area contributed by atoms with Crippen molar-refractivity contribution >= 4 is 23.2 Å². The molecular formula is C20H13F4N3O2. The first kappa shape index (κ1) is 20.0. The number of carbonyl (C=O) groups excluding carboxylic acids is 2. The van der Waals surface area contributed by atoms with Crippen molar-refractivity contribution in [2.75, 3.05) is 10.6 Å². The molecule has 1 aromatic heterocycles. The van der Waals surface area contributed by atoms with E-state index in [-0.39, 0.29) is 11.3 Å². The van der Waals surface area contributed by atoms with Gasteiger partial charge in [-0.15, -0.1) is 0 Å². The Morgan fingerprint density at radius 3 is 1.97 bits per heavy atom. The van der Waals surface area contributed by atoms with Crippen LogP contribution in [0.4, 0.5) is 28.9 Å². The van der Waals surface area contributed by atoms with Gasteiger partial charge in [0.1, 0.15) is 5.82 Å². The largest absolute Gasteiger partial charge is 0.419 e. The van der Waals surface area contributed by atoms with Gasteiger partial charge >= 0.3 is 6.18 Å². The molecule has 0 aliphatic rings. The number of aromatic nitrogens is 1. The van der Waals surface area contributed by atoms with Gasteiger partial charge < -0.3 is 10.6 Å². The maximum absolute atomic E-state index is 13.4. The van der Waals surface area contributed by atoms with Crippen LogP contribution < -0.4 is 10.6 Å². The predicted octanol–water partition coefficient (Wildman–Crippen LogP) is 4.74. The van der Waals surface area contributed by atoms with Crippen molar-refractivity contribution in [1.29, 1.82) is 0 Å². The second-order valence-corrected chi connectivity index (χ2v) is 5.92. The molecule has 2 N–H and O–H groups in total. The number of hydrogen-bond donors (Lipinski definition) is 2. The molecule has 0 unspecified atom stereocenters. The zero-order valence-corrected chi connectivity index (χ0v) is 14.6. The van der Waals surface area contributed by atoms with Gasteiger partial charge in [0.05, 0.1) is 5.56 Å². The number of halogens is 4. The standard InChI is InChI=1S/C20H13F4N3O2/c21-17-5-4-13(10-16(17)20(22,23)24)19(29)27-15-3-1-2-14(11-15)26-18(28)12-6-8-25-9-7-12/h1-11H,(H,26,28)(H,27,29). The molecule has 5 nitrogen and oxygen atoms in total. The number of nitrogens with zero attached hydrogens (tertiary/aromatic N) is 1. The fourth-order valence-corrected chi connectivity index (χ4v) is 2.47. The molecule has 0 saturated heterocycles. The number of carbonyl (C=O) groups is 2. The minimum absolute atomic E-state index is 0.236. The minimum Gasteiger partial charge on any atom is -0.322 e. The Balaban J connectivity index is 1.75. The van der Waals surface area contributed by atoms with Crippen LogP contribution in [0.15, 0.2) is 67.0 Å². The third kappa shape index (κ3) is 4.95. The topological polar surface area (TPSA) is 71.1 Å². The van der Waals surface area contributed by atoms with E-state index < -0.39 is 29.4 Å². The zero-order valence-electron chi connectivity index (χ0n) is 14.6. The molecule has 29 heavy (non-hydrogen) atoms. The first-order valence-corrected chi connectivity index (χ1v) is 8.23. The van der Waals surface area contributed by atoms with E-state index in [0.717, 1.165) is 6.07 Å². The molecular weight excluding hydrogens is 390 g/mol. The number of benzene rings is 2. The SMILES string of the molecule is O=C(Nc1cccc(NC(=O)c2ccc(F)c(C(F)(F)F)c2)c1)c1ccncc1. The molecule has 0 spiro atoms. The number of hydrogen-bond acceptors (Lipinski definition) is 3. The molecule has 3 rings (SSSR count). The van der Waals surface area contributed by atoms with Gasteiger partial charge in [-0.25, -0.2) is 4.39 Å². The quantitative estimate of drug-likeness (QED) is 0.618.